The SMILES string of the molecule is CCOC(=O)/C=C/C[C@@H]1Cc2c(c3ccc(C)cc3c3cc(C)c(OC)cc23)CN1C(=O)OC(C)(C)C. The third-order valence-electron chi connectivity index (χ3n) is 6.80. The lowest BCUT2D eigenvalue weighted by Gasteiger charge is -2.38. The number of fused-ring (bicyclic) bond motifs is 6. The van der Waals surface area contributed by atoms with E-state index in [0.29, 0.717) is 26.0 Å². The molecule has 0 fully saturated rings. The highest BCUT2D eigenvalue weighted by atomic mass is 16.6. The Hall–Kier alpha value is -3.54. The van der Waals surface area contributed by atoms with E-state index >= 15 is 0 Å². The summed E-state index contributed by atoms with van der Waals surface area (Å²) in [6.45, 7) is 12.3. The maximum absolute atomic E-state index is 13.4. The fourth-order valence-electron chi connectivity index (χ4n) is 5.17. The number of nitrogens with zero attached hydrogens (tertiary/aromatic N) is 1. The second-order valence-corrected chi connectivity index (χ2v) is 10.7. The Kier molecular flexibility index (Phi) is 7.49. The summed E-state index contributed by atoms with van der Waals surface area (Å²) in [5.41, 5.74) is 3.99. The fourth-order valence-corrected chi connectivity index (χ4v) is 5.17. The molecule has 0 bridgehead atoms. The molecule has 0 radical (unpaired) electrons. The van der Waals surface area contributed by atoms with Gasteiger partial charge in [-0.3, -0.25) is 0 Å². The molecule has 6 nitrogen and oxygen atoms in total. The van der Waals surface area contributed by atoms with Gasteiger partial charge >= 0.3 is 12.1 Å². The van der Waals surface area contributed by atoms with Crippen LogP contribution in [0.3, 0.4) is 0 Å². The summed E-state index contributed by atoms with van der Waals surface area (Å²) < 4.78 is 16.5. The number of carbonyl (C=O) groups is 2. The molecule has 3 aromatic carbocycles. The van der Waals surface area contributed by atoms with Crippen molar-refractivity contribution in [3.8, 4) is 5.75 Å². The van der Waals surface area contributed by atoms with Crippen molar-refractivity contribution in [3.63, 3.8) is 0 Å². The first kappa shape index (κ1) is 26.5. The molecule has 3 aromatic rings. The summed E-state index contributed by atoms with van der Waals surface area (Å²) in [7, 11) is 1.69. The van der Waals surface area contributed by atoms with Crippen LogP contribution < -0.4 is 4.74 Å². The molecule has 4 rings (SSSR count). The Bertz CT molecular complexity index is 1380. The molecule has 37 heavy (non-hydrogen) atoms. The van der Waals surface area contributed by atoms with E-state index in [0.717, 1.165) is 27.6 Å². The number of amides is 1. The topological polar surface area (TPSA) is 65.1 Å². The molecular weight excluding hydrogens is 466 g/mol. The Labute approximate surface area is 219 Å². The number of carbonyl (C=O) groups excluding carboxylic acids is 2. The minimum absolute atomic E-state index is 0.175. The van der Waals surface area contributed by atoms with E-state index in [9.17, 15) is 9.59 Å². The molecule has 1 atom stereocenters. The predicted molar refractivity (Wildman–Crippen MR) is 147 cm³/mol. The molecule has 0 unspecified atom stereocenters. The monoisotopic (exact) mass is 503 g/mol. The van der Waals surface area contributed by atoms with E-state index in [2.05, 4.69) is 44.2 Å². The molecule has 0 saturated heterocycles. The number of rotatable bonds is 5. The predicted octanol–water partition coefficient (Wildman–Crippen LogP) is 6.79. The van der Waals surface area contributed by atoms with Crippen LogP contribution in [0, 0.1) is 13.8 Å². The molecular formula is C31H37NO5. The van der Waals surface area contributed by atoms with Crippen molar-refractivity contribution in [2.75, 3.05) is 13.7 Å². The van der Waals surface area contributed by atoms with Gasteiger partial charge < -0.3 is 19.1 Å². The van der Waals surface area contributed by atoms with E-state index < -0.39 is 5.60 Å². The van der Waals surface area contributed by atoms with Crippen LogP contribution in [-0.2, 0) is 27.2 Å². The average molecular weight is 504 g/mol. The Balaban J connectivity index is 1.88. The summed E-state index contributed by atoms with van der Waals surface area (Å²) in [5.74, 6) is 0.463. The van der Waals surface area contributed by atoms with Crippen LogP contribution in [0.4, 0.5) is 4.79 Å². The third-order valence-corrected chi connectivity index (χ3v) is 6.80. The molecule has 0 spiro atoms. The second kappa shape index (κ2) is 10.4. The van der Waals surface area contributed by atoms with Crippen molar-refractivity contribution in [1.82, 2.24) is 4.90 Å². The molecule has 0 N–H and O–H groups in total. The summed E-state index contributed by atoms with van der Waals surface area (Å²) >= 11 is 0. The highest BCUT2D eigenvalue weighted by Gasteiger charge is 2.34. The average Bonchev–Trinajstić information content (AvgIpc) is 2.82. The maximum atomic E-state index is 13.4. The van der Waals surface area contributed by atoms with Crippen LogP contribution >= 0.6 is 0 Å². The summed E-state index contributed by atoms with van der Waals surface area (Å²) in [6, 6.07) is 10.7. The smallest absolute Gasteiger partial charge is 0.410 e. The van der Waals surface area contributed by atoms with E-state index in [1.54, 1.807) is 25.0 Å². The van der Waals surface area contributed by atoms with Gasteiger partial charge in [0.1, 0.15) is 11.4 Å². The van der Waals surface area contributed by atoms with Gasteiger partial charge in [-0.2, -0.15) is 0 Å². The fraction of sp³-hybridized carbons (Fsp3) is 0.419. The number of methoxy groups -OCH3 is 1. The first-order chi connectivity index (χ1) is 17.5. The van der Waals surface area contributed by atoms with Gasteiger partial charge in [-0.05, 0) is 105 Å². The van der Waals surface area contributed by atoms with Gasteiger partial charge in [0.25, 0.3) is 0 Å². The van der Waals surface area contributed by atoms with Crippen LogP contribution in [0.15, 0.2) is 42.5 Å². The van der Waals surface area contributed by atoms with Crippen LogP contribution in [0.2, 0.25) is 0 Å². The van der Waals surface area contributed by atoms with Gasteiger partial charge in [-0.25, -0.2) is 9.59 Å². The van der Waals surface area contributed by atoms with Crippen LogP contribution in [0.1, 0.15) is 56.4 Å². The molecule has 1 aliphatic rings. The van der Waals surface area contributed by atoms with Gasteiger partial charge in [-0.1, -0.05) is 29.8 Å². The van der Waals surface area contributed by atoms with Crippen LogP contribution in [0.5, 0.6) is 5.75 Å². The van der Waals surface area contributed by atoms with Crippen molar-refractivity contribution in [2.24, 2.45) is 0 Å². The third kappa shape index (κ3) is 5.58. The van der Waals surface area contributed by atoms with Crippen molar-refractivity contribution in [3.05, 3.63) is 64.7 Å². The number of hydrogen-bond donors (Lipinski definition) is 0. The van der Waals surface area contributed by atoms with Crippen molar-refractivity contribution < 1.29 is 23.8 Å². The zero-order valence-corrected chi connectivity index (χ0v) is 22.9. The van der Waals surface area contributed by atoms with E-state index in [1.165, 1.54) is 28.0 Å². The van der Waals surface area contributed by atoms with Crippen molar-refractivity contribution in [2.45, 2.75) is 72.6 Å². The minimum atomic E-state index is -0.615. The van der Waals surface area contributed by atoms with E-state index in [-0.39, 0.29) is 18.1 Å². The zero-order valence-electron chi connectivity index (χ0n) is 22.9. The first-order valence-electron chi connectivity index (χ1n) is 12.9. The zero-order chi connectivity index (χ0) is 26.9. The van der Waals surface area contributed by atoms with Crippen molar-refractivity contribution in [1.29, 1.82) is 0 Å². The molecule has 6 heteroatoms. The van der Waals surface area contributed by atoms with E-state index in [1.807, 2.05) is 20.8 Å². The molecule has 196 valence electrons. The number of aryl methyl sites for hydroxylation is 2. The molecule has 0 aromatic heterocycles. The highest BCUT2D eigenvalue weighted by molar-refractivity contribution is 6.12. The molecule has 0 saturated carbocycles. The van der Waals surface area contributed by atoms with Gasteiger partial charge in [0, 0.05) is 12.1 Å². The number of benzene rings is 3. The Morgan fingerprint density at radius 1 is 1.03 bits per heavy atom. The summed E-state index contributed by atoms with van der Waals surface area (Å²) in [4.78, 5) is 27.1. The highest BCUT2D eigenvalue weighted by Crippen LogP contribution is 2.41. The van der Waals surface area contributed by atoms with Gasteiger partial charge in [-0.15, -0.1) is 0 Å². The molecule has 1 heterocycles. The largest absolute Gasteiger partial charge is 0.496 e. The summed E-state index contributed by atoms with van der Waals surface area (Å²) in [5, 5.41) is 4.64. The van der Waals surface area contributed by atoms with E-state index in [4.69, 9.17) is 14.2 Å². The lowest BCUT2D eigenvalue weighted by Crippen LogP contribution is -2.46. The normalized spacial score (nSPS) is 15.8. The van der Waals surface area contributed by atoms with Gasteiger partial charge in [0.15, 0.2) is 0 Å². The number of esters is 1. The van der Waals surface area contributed by atoms with Crippen molar-refractivity contribution >= 4 is 33.6 Å². The second-order valence-electron chi connectivity index (χ2n) is 10.7. The Morgan fingerprint density at radius 3 is 2.43 bits per heavy atom. The molecule has 1 amide bonds. The molecule has 0 aliphatic carbocycles. The van der Waals surface area contributed by atoms with Crippen LogP contribution in [-0.4, -0.2) is 42.3 Å². The van der Waals surface area contributed by atoms with Crippen LogP contribution in [0.25, 0.3) is 21.5 Å². The maximum Gasteiger partial charge on any atom is 0.410 e. The Morgan fingerprint density at radius 2 is 1.76 bits per heavy atom. The van der Waals surface area contributed by atoms with Gasteiger partial charge in [0.2, 0.25) is 0 Å². The number of hydrogen-bond acceptors (Lipinski definition) is 5. The number of ether oxygens (including phenoxy) is 3. The first-order valence-corrected chi connectivity index (χ1v) is 12.9. The quantitative estimate of drug-likeness (QED) is 0.218. The summed E-state index contributed by atoms with van der Waals surface area (Å²) in [6.07, 6.45) is 4.03. The minimum Gasteiger partial charge on any atom is -0.496 e. The standard InChI is InChI=1S/C31H37NO5/c1-8-36-29(33)11-9-10-21-16-25-26-17-28(35-7)20(3)15-24(26)23-14-19(2)12-13-22(23)27(25)18-32(21)30(34)37-31(4,5)6/h9,11-15,17,21H,8,10,16,18H2,1-7H3/b11-9+/t21-/m1/s1. The lowest BCUT2D eigenvalue weighted by molar-refractivity contribution is -0.137. The molecule has 1 aliphatic heterocycles. The van der Waals surface area contributed by atoms with Gasteiger partial charge in [0.05, 0.1) is 20.3 Å². The lowest BCUT2D eigenvalue weighted by atomic mass is 9.83.